The number of halogens is 4. The second kappa shape index (κ2) is 5.78. The Morgan fingerprint density at radius 3 is 2.52 bits per heavy atom. The summed E-state index contributed by atoms with van der Waals surface area (Å²) >= 11 is 5.81. The standard InChI is InChI=1S/C15H7ClF3N3O3/c16-10-11(19)8(18)3-5-12(10)22(4-6(13(5)23)15(24)25)9-2-1-7(17)14(20)21-9/h1-4H,(H2,20,21)(H,24,25). The topological polar surface area (TPSA) is 98.2 Å². The molecule has 0 atom stereocenters. The summed E-state index contributed by atoms with van der Waals surface area (Å²) in [6, 6.07) is 2.59. The maximum Gasteiger partial charge on any atom is 0.341 e. The Kier molecular flexibility index (Phi) is 3.88. The highest BCUT2D eigenvalue weighted by molar-refractivity contribution is 6.35. The number of carboxylic acid groups (broad SMARTS) is 1. The maximum absolute atomic E-state index is 13.8. The number of pyridine rings is 2. The number of fused-ring (bicyclic) bond motifs is 1. The lowest BCUT2D eigenvalue weighted by atomic mass is 10.1. The lowest BCUT2D eigenvalue weighted by molar-refractivity contribution is 0.0695. The van der Waals surface area contributed by atoms with Crippen molar-refractivity contribution in [1.29, 1.82) is 0 Å². The molecule has 0 unspecified atom stereocenters. The molecule has 0 saturated carbocycles. The number of nitrogens with zero attached hydrogens (tertiary/aromatic N) is 2. The van der Waals surface area contributed by atoms with E-state index in [1.54, 1.807) is 0 Å². The molecule has 2 aromatic heterocycles. The lowest BCUT2D eigenvalue weighted by Crippen LogP contribution is -2.19. The summed E-state index contributed by atoms with van der Waals surface area (Å²) in [6.45, 7) is 0. The van der Waals surface area contributed by atoms with E-state index in [9.17, 15) is 22.8 Å². The molecule has 3 N–H and O–H groups in total. The summed E-state index contributed by atoms with van der Waals surface area (Å²) in [4.78, 5) is 27.2. The van der Waals surface area contributed by atoms with Gasteiger partial charge in [-0.3, -0.25) is 9.36 Å². The van der Waals surface area contributed by atoms with Crippen molar-refractivity contribution >= 4 is 34.3 Å². The fourth-order valence-electron chi connectivity index (χ4n) is 2.31. The van der Waals surface area contributed by atoms with E-state index in [0.717, 1.165) is 22.9 Å². The van der Waals surface area contributed by atoms with Gasteiger partial charge in [0.05, 0.1) is 10.9 Å². The number of aromatic nitrogens is 2. The zero-order valence-electron chi connectivity index (χ0n) is 12.1. The fourth-order valence-corrected chi connectivity index (χ4v) is 2.59. The van der Waals surface area contributed by atoms with Crippen LogP contribution in [0.5, 0.6) is 0 Å². The van der Waals surface area contributed by atoms with Gasteiger partial charge in [0.1, 0.15) is 16.4 Å². The number of hydrogen-bond acceptors (Lipinski definition) is 4. The van der Waals surface area contributed by atoms with Gasteiger partial charge in [0.25, 0.3) is 0 Å². The minimum absolute atomic E-state index is 0.140. The van der Waals surface area contributed by atoms with Crippen molar-refractivity contribution < 1.29 is 23.1 Å². The van der Waals surface area contributed by atoms with E-state index < -0.39 is 50.6 Å². The van der Waals surface area contributed by atoms with Gasteiger partial charge in [-0.05, 0) is 18.2 Å². The molecule has 10 heteroatoms. The third-order valence-corrected chi connectivity index (χ3v) is 3.81. The second-order valence-electron chi connectivity index (χ2n) is 4.97. The van der Waals surface area contributed by atoms with Crippen LogP contribution >= 0.6 is 11.6 Å². The first kappa shape index (κ1) is 16.8. The number of hydrogen-bond donors (Lipinski definition) is 2. The molecule has 3 rings (SSSR count). The molecule has 2 heterocycles. The van der Waals surface area contributed by atoms with Crippen LogP contribution < -0.4 is 11.2 Å². The van der Waals surface area contributed by atoms with Crippen molar-refractivity contribution in [3.8, 4) is 5.82 Å². The summed E-state index contributed by atoms with van der Waals surface area (Å²) < 4.78 is 41.7. The Labute approximate surface area is 141 Å². The summed E-state index contributed by atoms with van der Waals surface area (Å²) in [5, 5.41) is 7.94. The number of rotatable bonds is 2. The van der Waals surface area contributed by atoms with Crippen molar-refractivity contribution in [2.24, 2.45) is 0 Å². The van der Waals surface area contributed by atoms with Crippen LogP contribution in [0.2, 0.25) is 5.02 Å². The first-order valence-corrected chi connectivity index (χ1v) is 6.98. The van der Waals surface area contributed by atoms with Gasteiger partial charge in [0, 0.05) is 6.20 Å². The van der Waals surface area contributed by atoms with Gasteiger partial charge in [-0.1, -0.05) is 11.6 Å². The average Bonchev–Trinajstić information content (AvgIpc) is 2.56. The van der Waals surface area contributed by atoms with Crippen molar-refractivity contribution in [1.82, 2.24) is 9.55 Å². The van der Waals surface area contributed by atoms with Crippen molar-refractivity contribution in [2.45, 2.75) is 0 Å². The number of carboxylic acids is 1. The molecular formula is C15H7ClF3N3O3. The molecule has 0 amide bonds. The predicted octanol–water partition coefficient (Wildman–Crippen LogP) is 2.74. The molecule has 0 aliphatic heterocycles. The van der Waals surface area contributed by atoms with Gasteiger partial charge in [-0.2, -0.15) is 0 Å². The molecule has 0 bridgehead atoms. The van der Waals surface area contributed by atoms with Crippen molar-refractivity contribution in [3.05, 3.63) is 62.7 Å². The van der Waals surface area contributed by atoms with Crippen LogP contribution in [0.4, 0.5) is 19.0 Å². The van der Waals surface area contributed by atoms with Crippen LogP contribution in [0.15, 0.2) is 29.2 Å². The zero-order valence-corrected chi connectivity index (χ0v) is 12.8. The first-order valence-electron chi connectivity index (χ1n) is 6.61. The fraction of sp³-hybridized carbons (Fsp3) is 0. The molecule has 25 heavy (non-hydrogen) atoms. The molecule has 3 aromatic rings. The number of anilines is 1. The molecule has 128 valence electrons. The summed E-state index contributed by atoms with van der Waals surface area (Å²) in [6.07, 6.45) is 0.829. The Morgan fingerprint density at radius 1 is 1.24 bits per heavy atom. The largest absolute Gasteiger partial charge is 0.477 e. The van der Waals surface area contributed by atoms with Crippen LogP contribution in [0.25, 0.3) is 16.7 Å². The Balaban J connectivity index is 2.54. The van der Waals surface area contributed by atoms with Gasteiger partial charge in [-0.15, -0.1) is 0 Å². The normalized spacial score (nSPS) is 11.0. The molecule has 6 nitrogen and oxygen atoms in total. The number of nitrogens with two attached hydrogens (primary N) is 1. The molecule has 0 aliphatic rings. The van der Waals surface area contributed by atoms with Gasteiger partial charge in [-0.25, -0.2) is 22.9 Å². The van der Waals surface area contributed by atoms with E-state index in [1.807, 2.05) is 0 Å². The Morgan fingerprint density at radius 2 is 1.92 bits per heavy atom. The van der Waals surface area contributed by atoms with Gasteiger partial charge in [0.2, 0.25) is 5.43 Å². The first-order chi connectivity index (χ1) is 11.7. The highest BCUT2D eigenvalue weighted by Gasteiger charge is 2.22. The maximum atomic E-state index is 13.8. The lowest BCUT2D eigenvalue weighted by Gasteiger charge is -2.14. The smallest absolute Gasteiger partial charge is 0.341 e. The molecule has 0 aliphatic carbocycles. The molecular weight excluding hydrogens is 363 g/mol. The van der Waals surface area contributed by atoms with Crippen LogP contribution in [0.3, 0.4) is 0 Å². The van der Waals surface area contributed by atoms with E-state index >= 15 is 0 Å². The van der Waals surface area contributed by atoms with Crippen LogP contribution in [0, 0.1) is 17.5 Å². The molecule has 0 spiro atoms. The van der Waals surface area contributed by atoms with Crippen molar-refractivity contribution in [2.75, 3.05) is 5.73 Å². The molecule has 0 fully saturated rings. The van der Waals surface area contributed by atoms with Gasteiger partial charge in [0.15, 0.2) is 23.3 Å². The Bertz CT molecular complexity index is 1110. The minimum Gasteiger partial charge on any atom is -0.477 e. The van der Waals surface area contributed by atoms with Gasteiger partial charge >= 0.3 is 5.97 Å². The summed E-state index contributed by atoms with van der Waals surface area (Å²) in [7, 11) is 0. The second-order valence-corrected chi connectivity index (χ2v) is 5.34. The average molecular weight is 370 g/mol. The molecule has 0 saturated heterocycles. The summed E-state index contributed by atoms with van der Waals surface area (Å²) in [5.74, 6) is -5.94. The summed E-state index contributed by atoms with van der Waals surface area (Å²) in [5.41, 5.74) is 3.26. The number of benzene rings is 1. The predicted molar refractivity (Wildman–Crippen MR) is 83.6 cm³/mol. The number of aromatic carboxylic acids is 1. The SMILES string of the molecule is Nc1nc(-n2cc(C(=O)O)c(=O)c3cc(F)c(F)c(Cl)c32)ccc1F. The third kappa shape index (κ3) is 2.58. The highest BCUT2D eigenvalue weighted by atomic mass is 35.5. The van der Waals surface area contributed by atoms with Crippen LogP contribution in [-0.2, 0) is 0 Å². The minimum atomic E-state index is -1.60. The van der Waals surface area contributed by atoms with Crippen molar-refractivity contribution in [3.63, 3.8) is 0 Å². The van der Waals surface area contributed by atoms with E-state index in [1.165, 1.54) is 0 Å². The van der Waals surface area contributed by atoms with Crippen LogP contribution in [-0.4, -0.2) is 20.6 Å². The number of nitrogen functional groups attached to an aromatic ring is 1. The van der Waals surface area contributed by atoms with E-state index in [-0.39, 0.29) is 11.3 Å². The zero-order chi connectivity index (χ0) is 18.5. The highest BCUT2D eigenvalue weighted by Crippen LogP contribution is 2.29. The van der Waals surface area contributed by atoms with Gasteiger partial charge < -0.3 is 10.8 Å². The number of carbonyl (C=O) groups is 1. The quantitative estimate of drug-likeness (QED) is 0.677. The molecule has 0 radical (unpaired) electrons. The van der Waals surface area contributed by atoms with E-state index in [2.05, 4.69) is 4.98 Å². The third-order valence-electron chi connectivity index (χ3n) is 3.46. The molecule has 1 aromatic carbocycles. The van der Waals surface area contributed by atoms with Crippen LogP contribution in [0.1, 0.15) is 10.4 Å². The van der Waals surface area contributed by atoms with E-state index in [4.69, 9.17) is 22.4 Å². The monoisotopic (exact) mass is 369 g/mol. The van der Waals surface area contributed by atoms with E-state index in [0.29, 0.717) is 6.07 Å². The Hall–Kier alpha value is -3.07.